The highest BCUT2D eigenvalue weighted by molar-refractivity contribution is 9.10. The van der Waals surface area contributed by atoms with E-state index in [1.165, 1.54) is 13.1 Å². The van der Waals surface area contributed by atoms with Gasteiger partial charge in [-0.05, 0) is 47.7 Å². The summed E-state index contributed by atoms with van der Waals surface area (Å²) < 4.78 is 6.20. The number of likely N-dealkylation sites (N-methyl/N-ethyl adjacent to an activating group) is 1. The molecule has 25 heavy (non-hydrogen) atoms. The number of carbonyl (C=O) groups is 2. The number of imide groups is 1. The Morgan fingerprint density at radius 1 is 1.36 bits per heavy atom. The van der Waals surface area contributed by atoms with E-state index in [0.29, 0.717) is 14.9 Å². The Hall–Kier alpha value is -2.32. The lowest BCUT2D eigenvalue weighted by atomic mass is 10.2. The molecule has 2 heterocycles. The Balaban J connectivity index is 1.86. The monoisotopic (exact) mass is 420 g/mol. The zero-order valence-electron chi connectivity index (χ0n) is 13.1. The smallest absolute Gasteiger partial charge is 0.293 e. The average molecular weight is 421 g/mol. The van der Waals surface area contributed by atoms with Gasteiger partial charge in [0.05, 0.1) is 10.6 Å². The number of hydrogen-bond donors (Lipinski definition) is 1. The lowest BCUT2D eigenvalue weighted by Gasteiger charge is -2.10. The summed E-state index contributed by atoms with van der Waals surface area (Å²) >= 11 is 4.21. The summed E-state index contributed by atoms with van der Waals surface area (Å²) in [6, 6.07) is 8.55. The molecular formula is C17H13BrN2O4S. The van der Waals surface area contributed by atoms with Crippen LogP contribution in [-0.4, -0.2) is 33.2 Å². The number of carbonyl (C=O) groups excluding carboxylic acids is 2. The zero-order valence-corrected chi connectivity index (χ0v) is 15.5. The topological polar surface area (TPSA) is 79.7 Å². The second-order valence-electron chi connectivity index (χ2n) is 5.19. The number of hydrogen-bond acceptors (Lipinski definition) is 6. The van der Waals surface area contributed by atoms with Crippen molar-refractivity contribution in [1.82, 2.24) is 9.88 Å². The number of halogens is 1. The normalized spacial score (nSPS) is 15.9. The van der Waals surface area contributed by atoms with Crippen LogP contribution in [0.1, 0.15) is 11.3 Å². The van der Waals surface area contributed by atoms with Gasteiger partial charge in [0.1, 0.15) is 6.61 Å². The maximum Gasteiger partial charge on any atom is 0.293 e. The van der Waals surface area contributed by atoms with Crippen LogP contribution in [-0.2, 0) is 11.4 Å². The molecule has 128 valence electrons. The fourth-order valence-corrected chi connectivity index (χ4v) is 3.37. The van der Waals surface area contributed by atoms with E-state index >= 15 is 0 Å². The van der Waals surface area contributed by atoms with Crippen molar-refractivity contribution >= 4 is 44.9 Å². The molecule has 0 atom stereocenters. The Bertz CT molecular complexity index is 870. The first-order valence-corrected chi connectivity index (χ1v) is 8.83. The molecule has 0 unspecified atom stereocenters. The van der Waals surface area contributed by atoms with E-state index in [-0.39, 0.29) is 29.3 Å². The summed E-state index contributed by atoms with van der Waals surface area (Å²) in [5.74, 6) is -0.134. The van der Waals surface area contributed by atoms with E-state index < -0.39 is 0 Å². The number of phenolic OH excluding ortho intramolecular Hbond substituents is 1. The number of amides is 2. The zero-order chi connectivity index (χ0) is 18.0. The standard InChI is InChI=1S/C17H13BrN2O4S/c1-20-16(22)15(25-17(20)23)7-10-6-14(13(21)8-12(10)18)24-9-11-4-2-3-5-19-11/h2-8,21H,9H2,1H3/b15-7-. The van der Waals surface area contributed by atoms with Gasteiger partial charge in [0.15, 0.2) is 11.5 Å². The summed E-state index contributed by atoms with van der Waals surface area (Å²) in [5, 5.41) is 9.74. The average Bonchev–Trinajstić information content (AvgIpc) is 2.84. The maximum atomic E-state index is 12.0. The summed E-state index contributed by atoms with van der Waals surface area (Å²) in [4.78, 5) is 29.1. The molecule has 0 saturated carbocycles. The van der Waals surface area contributed by atoms with E-state index in [9.17, 15) is 14.7 Å². The van der Waals surface area contributed by atoms with Crippen molar-refractivity contribution in [3.05, 3.63) is 57.2 Å². The number of aromatic hydroxyl groups is 1. The molecule has 1 fully saturated rings. The molecule has 1 aromatic carbocycles. The molecule has 1 aliphatic rings. The highest BCUT2D eigenvalue weighted by atomic mass is 79.9. The largest absolute Gasteiger partial charge is 0.504 e. The molecule has 0 spiro atoms. The molecule has 6 nitrogen and oxygen atoms in total. The first-order valence-electron chi connectivity index (χ1n) is 7.22. The number of benzene rings is 1. The minimum absolute atomic E-state index is 0.0384. The van der Waals surface area contributed by atoms with Gasteiger partial charge in [0, 0.05) is 17.7 Å². The van der Waals surface area contributed by atoms with Crippen LogP contribution in [0.5, 0.6) is 11.5 Å². The van der Waals surface area contributed by atoms with Gasteiger partial charge in [-0.2, -0.15) is 0 Å². The molecule has 1 N–H and O–H groups in total. The van der Waals surface area contributed by atoms with Gasteiger partial charge < -0.3 is 9.84 Å². The van der Waals surface area contributed by atoms with Crippen LogP contribution in [0.3, 0.4) is 0 Å². The van der Waals surface area contributed by atoms with Gasteiger partial charge in [-0.3, -0.25) is 19.5 Å². The van der Waals surface area contributed by atoms with E-state index in [4.69, 9.17) is 4.74 Å². The van der Waals surface area contributed by atoms with Crippen LogP contribution >= 0.6 is 27.7 Å². The molecule has 1 saturated heterocycles. The van der Waals surface area contributed by atoms with Crippen molar-refractivity contribution in [1.29, 1.82) is 0 Å². The highest BCUT2D eigenvalue weighted by Crippen LogP contribution is 2.37. The number of aromatic nitrogens is 1. The molecule has 2 amide bonds. The molecule has 0 bridgehead atoms. The van der Waals surface area contributed by atoms with Crippen molar-refractivity contribution in [3.63, 3.8) is 0 Å². The summed E-state index contributed by atoms with van der Waals surface area (Å²) in [6.07, 6.45) is 3.25. The molecule has 0 aliphatic carbocycles. The van der Waals surface area contributed by atoms with Gasteiger partial charge in [-0.25, -0.2) is 0 Å². The number of thioether (sulfide) groups is 1. The van der Waals surface area contributed by atoms with Crippen molar-refractivity contribution in [2.75, 3.05) is 7.05 Å². The Labute approximate surface area is 156 Å². The van der Waals surface area contributed by atoms with Crippen LogP contribution in [0.25, 0.3) is 6.08 Å². The lowest BCUT2D eigenvalue weighted by molar-refractivity contribution is -0.121. The molecule has 1 aliphatic heterocycles. The molecule has 3 rings (SSSR count). The Kier molecular flexibility index (Phi) is 5.10. The van der Waals surface area contributed by atoms with Crippen molar-refractivity contribution in [3.8, 4) is 11.5 Å². The van der Waals surface area contributed by atoms with Crippen LogP contribution < -0.4 is 4.74 Å². The SMILES string of the molecule is CN1C(=O)S/C(=C\c2cc(OCc3ccccn3)c(O)cc2Br)C1=O. The quantitative estimate of drug-likeness (QED) is 0.757. The minimum Gasteiger partial charge on any atom is -0.504 e. The summed E-state index contributed by atoms with van der Waals surface area (Å²) in [7, 11) is 1.44. The first-order chi connectivity index (χ1) is 12.0. The van der Waals surface area contributed by atoms with E-state index in [1.807, 2.05) is 12.1 Å². The number of ether oxygens (including phenoxy) is 1. The summed E-state index contributed by atoms with van der Waals surface area (Å²) in [5.41, 5.74) is 1.34. The third kappa shape index (κ3) is 3.85. The Morgan fingerprint density at radius 2 is 2.16 bits per heavy atom. The van der Waals surface area contributed by atoms with Crippen molar-refractivity contribution in [2.45, 2.75) is 6.61 Å². The molecule has 1 aromatic heterocycles. The van der Waals surface area contributed by atoms with E-state index in [2.05, 4.69) is 20.9 Å². The number of nitrogens with zero attached hydrogens (tertiary/aromatic N) is 2. The number of rotatable bonds is 4. The van der Waals surface area contributed by atoms with Crippen molar-refractivity contribution in [2.24, 2.45) is 0 Å². The molecule has 0 radical (unpaired) electrons. The highest BCUT2D eigenvalue weighted by Gasteiger charge is 2.32. The fraction of sp³-hybridized carbons (Fsp3) is 0.118. The van der Waals surface area contributed by atoms with Crippen LogP contribution in [0.2, 0.25) is 0 Å². The third-order valence-corrected chi connectivity index (χ3v) is 5.10. The molecular weight excluding hydrogens is 408 g/mol. The van der Waals surface area contributed by atoms with Crippen LogP contribution in [0.4, 0.5) is 4.79 Å². The van der Waals surface area contributed by atoms with Gasteiger partial charge in [0.25, 0.3) is 11.1 Å². The van der Waals surface area contributed by atoms with Gasteiger partial charge in [0.2, 0.25) is 0 Å². The Morgan fingerprint density at radius 3 is 2.80 bits per heavy atom. The van der Waals surface area contributed by atoms with Crippen LogP contribution in [0, 0.1) is 0 Å². The predicted molar refractivity (Wildman–Crippen MR) is 98.1 cm³/mol. The van der Waals surface area contributed by atoms with E-state index in [1.54, 1.807) is 24.4 Å². The number of pyridine rings is 1. The number of phenols is 1. The summed E-state index contributed by atoms with van der Waals surface area (Å²) in [6.45, 7) is 0.195. The predicted octanol–water partition coefficient (Wildman–Crippen LogP) is 3.79. The second kappa shape index (κ2) is 7.28. The van der Waals surface area contributed by atoms with Gasteiger partial charge >= 0.3 is 0 Å². The minimum atomic E-state index is -0.356. The van der Waals surface area contributed by atoms with Crippen molar-refractivity contribution < 1.29 is 19.4 Å². The lowest BCUT2D eigenvalue weighted by Crippen LogP contribution is -2.22. The third-order valence-electron chi connectivity index (χ3n) is 3.45. The fourth-order valence-electron chi connectivity index (χ4n) is 2.11. The first kappa shape index (κ1) is 17.5. The van der Waals surface area contributed by atoms with Crippen LogP contribution in [0.15, 0.2) is 45.9 Å². The second-order valence-corrected chi connectivity index (χ2v) is 7.04. The molecule has 2 aromatic rings. The van der Waals surface area contributed by atoms with Gasteiger partial charge in [-0.1, -0.05) is 22.0 Å². The maximum absolute atomic E-state index is 12.0. The van der Waals surface area contributed by atoms with Gasteiger partial charge in [-0.15, -0.1) is 0 Å². The van der Waals surface area contributed by atoms with E-state index in [0.717, 1.165) is 22.4 Å². The molecule has 8 heteroatoms.